The Balaban J connectivity index is 2.19. The number of ether oxygens (including phenoxy) is 1. The summed E-state index contributed by atoms with van der Waals surface area (Å²) in [5, 5.41) is 3.04. The number of nitrogens with one attached hydrogen (secondary N) is 3. The lowest BCUT2D eigenvalue weighted by molar-refractivity contribution is 0.0938. The molecule has 1 aromatic rings. The Labute approximate surface area is 159 Å². The van der Waals surface area contributed by atoms with Crippen LogP contribution in [-0.4, -0.2) is 59.1 Å². The normalized spacial score (nSPS) is 17.9. The minimum atomic E-state index is -3.76. The summed E-state index contributed by atoms with van der Waals surface area (Å²) < 4.78 is 33.1. The maximum absolute atomic E-state index is 12.6. The van der Waals surface area contributed by atoms with E-state index in [1.165, 1.54) is 26.3 Å². The van der Waals surface area contributed by atoms with Gasteiger partial charge >= 0.3 is 0 Å². The van der Waals surface area contributed by atoms with Crippen molar-refractivity contribution < 1.29 is 17.9 Å². The Morgan fingerprint density at radius 2 is 2.15 bits per heavy atom. The van der Waals surface area contributed by atoms with Gasteiger partial charge in [-0.3, -0.25) is 14.4 Å². The molecule has 0 aromatic heterocycles. The van der Waals surface area contributed by atoms with Crippen LogP contribution in [0.5, 0.6) is 5.75 Å². The van der Waals surface area contributed by atoms with E-state index in [0.29, 0.717) is 12.6 Å². The fourth-order valence-electron chi connectivity index (χ4n) is 3.02. The van der Waals surface area contributed by atoms with Crippen LogP contribution in [0.2, 0.25) is 5.02 Å². The number of halogens is 1. The van der Waals surface area contributed by atoms with E-state index in [4.69, 9.17) is 16.3 Å². The van der Waals surface area contributed by atoms with Gasteiger partial charge in [-0.15, -0.1) is 0 Å². The van der Waals surface area contributed by atoms with Crippen LogP contribution >= 0.6 is 11.6 Å². The van der Waals surface area contributed by atoms with E-state index in [0.717, 1.165) is 25.9 Å². The van der Waals surface area contributed by atoms with Crippen molar-refractivity contribution in [3.63, 3.8) is 0 Å². The van der Waals surface area contributed by atoms with Crippen molar-refractivity contribution in [2.75, 3.05) is 38.5 Å². The lowest BCUT2D eigenvalue weighted by atomic mass is 10.1. The number of hydrogen-bond acceptors (Lipinski definition) is 5. The molecule has 8 nitrogen and oxygen atoms in total. The summed E-state index contributed by atoms with van der Waals surface area (Å²) in [4.78, 5) is 15.0. The zero-order chi connectivity index (χ0) is 19.3. The Bertz CT molecular complexity index is 757. The molecule has 0 radical (unpaired) electrons. The molecule has 1 atom stereocenters. The molecule has 10 heteroatoms. The van der Waals surface area contributed by atoms with Gasteiger partial charge in [0.15, 0.2) is 0 Å². The number of likely N-dealkylation sites (tertiary alicyclic amines) is 1. The maximum Gasteiger partial charge on any atom is 0.298 e. The highest BCUT2D eigenvalue weighted by atomic mass is 35.5. The van der Waals surface area contributed by atoms with Gasteiger partial charge in [-0.25, -0.2) is 4.72 Å². The smallest absolute Gasteiger partial charge is 0.298 e. The summed E-state index contributed by atoms with van der Waals surface area (Å²) in [5.74, 6) is -0.0648. The Morgan fingerprint density at radius 3 is 2.77 bits per heavy atom. The highest BCUT2D eigenvalue weighted by Crippen LogP contribution is 2.31. The van der Waals surface area contributed by atoms with E-state index in [9.17, 15) is 13.2 Å². The third kappa shape index (κ3) is 5.00. The van der Waals surface area contributed by atoms with Crippen molar-refractivity contribution in [1.82, 2.24) is 14.9 Å². The zero-order valence-electron chi connectivity index (χ0n) is 15.1. The Morgan fingerprint density at radius 1 is 1.42 bits per heavy atom. The number of rotatable bonds is 8. The second-order valence-electron chi connectivity index (χ2n) is 5.98. The first kappa shape index (κ1) is 20.8. The monoisotopic (exact) mass is 404 g/mol. The third-order valence-electron chi connectivity index (χ3n) is 4.45. The number of nitrogens with zero attached hydrogens (tertiary/aromatic N) is 1. The van der Waals surface area contributed by atoms with Crippen LogP contribution in [-0.2, 0) is 10.2 Å². The van der Waals surface area contributed by atoms with Crippen molar-refractivity contribution in [1.29, 1.82) is 0 Å². The minimum absolute atomic E-state index is 0.100. The average Bonchev–Trinajstić information content (AvgIpc) is 3.08. The summed E-state index contributed by atoms with van der Waals surface area (Å²) in [7, 11) is -1.06. The van der Waals surface area contributed by atoms with Gasteiger partial charge in [-0.1, -0.05) is 18.5 Å². The van der Waals surface area contributed by atoms with Crippen molar-refractivity contribution in [2.24, 2.45) is 0 Å². The molecule has 1 amide bonds. The van der Waals surface area contributed by atoms with Gasteiger partial charge in [0, 0.05) is 25.7 Å². The molecule has 1 unspecified atom stereocenters. The van der Waals surface area contributed by atoms with Crippen LogP contribution < -0.4 is 19.5 Å². The third-order valence-corrected chi connectivity index (χ3v) is 5.79. The van der Waals surface area contributed by atoms with E-state index >= 15 is 0 Å². The van der Waals surface area contributed by atoms with Crippen LogP contribution in [0, 0.1) is 0 Å². The van der Waals surface area contributed by atoms with Crippen molar-refractivity contribution in [2.45, 2.75) is 25.8 Å². The number of benzene rings is 1. The Kier molecular flexibility index (Phi) is 7.10. The van der Waals surface area contributed by atoms with E-state index in [1.807, 2.05) is 0 Å². The summed E-state index contributed by atoms with van der Waals surface area (Å²) >= 11 is 6.09. The molecule has 1 heterocycles. The van der Waals surface area contributed by atoms with Crippen molar-refractivity contribution in [3.05, 3.63) is 22.7 Å². The molecular weight excluding hydrogens is 380 g/mol. The minimum Gasteiger partial charge on any atom is -0.496 e. The van der Waals surface area contributed by atoms with Crippen LogP contribution in [0.3, 0.4) is 0 Å². The van der Waals surface area contributed by atoms with Crippen molar-refractivity contribution >= 4 is 33.4 Å². The topological polar surface area (TPSA) is 99.8 Å². The molecule has 2 rings (SSSR count). The van der Waals surface area contributed by atoms with Gasteiger partial charge in [0.25, 0.3) is 16.1 Å². The van der Waals surface area contributed by atoms with Gasteiger partial charge in [0.2, 0.25) is 0 Å². The SMILES string of the molecule is CCN1CCCC1CNC(=O)c1cc(NS(=O)(=O)NC)c(Cl)cc1OC. The first-order valence-corrected chi connectivity index (χ1v) is 10.3. The zero-order valence-corrected chi connectivity index (χ0v) is 16.7. The van der Waals surface area contributed by atoms with Crippen LogP contribution in [0.1, 0.15) is 30.1 Å². The predicted molar refractivity (Wildman–Crippen MR) is 102 cm³/mol. The molecule has 1 aromatic carbocycles. The number of hydrogen-bond donors (Lipinski definition) is 3. The maximum atomic E-state index is 12.6. The van der Waals surface area contributed by atoms with Crippen LogP contribution in [0.4, 0.5) is 5.69 Å². The number of likely N-dealkylation sites (N-methyl/N-ethyl adjacent to an activating group) is 1. The standard InChI is InChI=1S/C16H25ClN4O4S/c1-4-21-7-5-6-11(21)10-19-16(22)12-8-14(20-26(23,24)18-2)13(17)9-15(12)25-3/h8-9,11,18,20H,4-7,10H2,1-3H3,(H,19,22). The molecular formula is C16H25ClN4O4S. The van der Waals surface area contributed by atoms with Gasteiger partial charge in [-0.05, 0) is 32.0 Å². The molecule has 3 N–H and O–H groups in total. The van der Waals surface area contributed by atoms with Crippen molar-refractivity contribution in [3.8, 4) is 5.75 Å². The van der Waals surface area contributed by atoms with Gasteiger partial charge in [0.05, 0.1) is 23.4 Å². The molecule has 1 aliphatic heterocycles. The first-order chi connectivity index (χ1) is 12.3. The molecule has 1 aliphatic rings. The average molecular weight is 405 g/mol. The number of carbonyl (C=O) groups excluding carboxylic acids is 1. The fourth-order valence-corrected chi connectivity index (χ4v) is 3.84. The second kappa shape index (κ2) is 8.90. The lowest BCUT2D eigenvalue weighted by Crippen LogP contribution is -2.40. The highest BCUT2D eigenvalue weighted by Gasteiger charge is 2.24. The second-order valence-corrected chi connectivity index (χ2v) is 8.00. The number of methoxy groups -OCH3 is 1. The number of amides is 1. The number of anilines is 1. The molecule has 146 valence electrons. The van der Waals surface area contributed by atoms with Crippen LogP contribution in [0.25, 0.3) is 0 Å². The summed E-state index contributed by atoms with van der Waals surface area (Å²) in [6.07, 6.45) is 2.16. The molecule has 26 heavy (non-hydrogen) atoms. The Hall–Kier alpha value is -1.55. The van der Waals surface area contributed by atoms with Gasteiger partial charge in [-0.2, -0.15) is 8.42 Å². The van der Waals surface area contributed by atoms with E-state index < -0.39 is 10.2 Å². The molecule has 1 saturated heterocycles. The van der Waals surface area contributed by atoms with Gasteiger partial charge < -0.3 is 10.1 Å². The largest absolute Gasteiger partial charge is 0.496 e. The molecule has 0 spiro atoms. The van der Waals surface area contributed by atoms with E-state index in [1.54, 1.807) is 0 Å². The highest BCUT2D eigenvalue weighted by molar-refractivity contribution is 7.90. The lowest BCUT2D eigenvalue weighted by Gasteiger charge is -2.23. The quantitative estimate of drug-likeness (QED) is 0.608. The summed E-state index contributed by atoms with van der Waals surface area (Å²) in [5.41, 5.74) is 0.315. The summed E-state index contributed by atoms with van der Waals surface area (Å²) in [6, 6.07) is 3.10. The predicted octanol–water partition coefficient (Wildman–Crippen LogP) is 1.44. The van der Waals surface area contributed by atoms with E-state index in [-0.39, 0.29) is 27.9 Å². The molecule has 0 aliphatic carbocycles. The molecule has 0 saturated carbocycles. The first-order valence-electron chi connectivity index (χ1n) is 8.42. The number of carbonyl (C=O) groups is 1. The van der Waals surface area contributed by atoms with Crippen LogP contribution in [0.15, 0.2) is 12.1 Å². The molecule has 0 bridgehead atoms. The van der Waals surface area contributed by atoms with E-state index in [2.05, 4.69) is 26.6 Å². The summed E-state index contributed by atoms with van der Waals surface area (Å²) in [6.45, 7) is 4.61. The molecule has 1 fully saturated rings. The van der Waals surface area contributed by atoms with Gasteiger partial charge in [0.1, 0.15) is 5.75 Å². The fraction of sp³-hybridized carbons (Fsp3) is 0.562.